The number of fused-ring (bicyclic) bond motifs is 1. The summed E-state index contributed by atoms with van der Waals surface area (Å²) in [5, 5.41) is 7.57. The molecule has 19 heavy (non-hydrogen) atoms. The van der Waals surface area contributed by atoms with E-state index < -0.39 is 0 Å². The topological polar surface area (TPSA) is 67.2 Å². The molecule has 1 N–H and O–H groups in total. The molecular weight excluding hydrogens is 312 g/mol. The molecule has 0 bridgehead atoms. The van der Waals surface area contributed by atoms with Crippen LogP contribution in [0.4, 0.5) is 10.5 Å². The molecule has 1 aromatic heterocycles. The van der Waals surface area contributed by atoms with Gasteiger partial charge in [-0.3, -0.25) is 19.7 Å². The van der Waals surface area contributed by atoms with Crippen molar-refractivity contribution in [3.05, 3.63) is 22.8 Å². The van der Waals surface area contributed by atoms with Crippen LogP contribution in [0.3, 0.4) is 0 Å². The third kappa shape index (κ3) is 1.99. The number of benzene rings is 1. The second-order valence-electron chi connectivity index (χ2n) is 4.37. The Labute approximate surface area is 117 Å². The molecule has 98 valence electrons. The number of amides is 3. The zero-order valence-corrected chi connectivity index (χ0v) is 11.8. The summed E-state index contributed by atoms with van der Waals surface area (Å²) in [5.74, 6) is -0.231. The summed E-state index contributed by atoms with van der Waals surface area (Å²) in [5.41, 5.74) is 1.68. The van der Waals surface area contributed by atoms with Crippen molar-refractivity contribution in [3.63, 3.8) is 0 Å². The lowest BCUT2D eigenvalue weighted by Crippen LogP contribution is -2.49. The predicted octanol–water partition coefficient (Wildman–Crippen LogP) is 1.78. The van der Waals surface area contributed by atoms with Crippen LogP contribution in [0.25, 0.3) is 10.9 Å². The Morgan fingerprint density at radius 1 is 1.37 bits per heavy atom. The van der Waals surface area contributed by atoms with Crippen molar-refractivity contribution in [2.24, 2.45) is 7.05 Å². The van der Waals surface area contributed by atoms with Crippen molar-refractivity contribution in [3.8, 4) is 0 Å². The maximum absolute atomic E-state index is 11.8. The van der Waals surface area contributed by atoms with Crippen LogP contribution in [0.1, 0.15) is 6.42 Å². The fourth-order valence-electron chi connectivity index (χ4n) is 2.18. The van der Waals surface area contributed by atoms with Crippen LogP contribution in [0.5, 0.6) is 0 Å². The number of anilines is 1. The van der Waals surface area contributed by atoms with E-state index in [0.717, 1.165) is 21.2 Å². The second kappa shape index (κ2) is 4.34. The smallest absolute Gasteiger partial charge is 0.294 e. The highest BCUT2D eigenvalue weighted by Crippen LogP contribution is 2.27. The Morgan fingerprint density at radius 2 is 2.16 bits per heavy atom. The van der Waals surface area contributed by atoms with Crippen LogP contribution >= 0.6 is 15.9 Å². The third-order valence-electron chi connectivity index (χ3n) is 3.16. The van der Waals surface area contributed by atoms with Gasteiger partial charge in [0.25, 0.3) is 0 Å². The normalized spacial score (nSPS) is 16.0. The predicted molar refractivity (Wildman–Crippen MR) is 73.9 cm³/mol. The average Bonchev–Trinajstić information content (AvgIpc) is 2.65. The van der Waals surface area contributed by atoms with Crippen LogP contribution < -0.4 is 10.2 Å². The fourth-order valence-corrected chi connectivity index (χ4v) is 2.75. The Balaban J connectivity index is 2.04. The maximum atomic E-state index is 11.8. The SMILES string of the molecule is Cn1nc(Br)c2ccc(N3CCC(=O)NC3=O)cc21. The van der Waals surface area contributed by atoms with Gasteiger partial charge in [-0.05, 0) is 34.1 Å². The van der Waals surface area contributed by atoms with E-state index in [2.05, 4.69) is 26.3 Å². The van der Waals surface area contributed by atoms with Gasteiger partial charge in [-0.2, -0.15) is 5.10 Å². The van der Waals surface area contributed by atoms with Crippen molar-refractivity contribution < 1.29 is 9.59 Å². The minimum Gasteiger partial charge on any atom is -0.294 e. The molecule has 0 unspecified atom stereocenters. The number of imide groups is 1. The van der Waals surface area contributed by atoms with Crippen LogP contribution in [0.2, 0.25) is 0 Å². The molecule has 0 saturated carbocycles. The van der Waals surface area contributed by atoms with Crippen molar-refractivity contribution in [2.45, 2.75) is 6.42 Å². The number of aromatic nitrogens is 2. The van der Waals surface area contributed by atoms with Crippen molar-refractivity contribution in [1.29, 1.82) is 0 Å². The summed E-state index contributed by atoms with van der Waals surface area (Å²) in [6.07, 6.45) is 0.318. The molecule has 6 nitrogen and oxygen atoms in total. The van der Waals surface area contributed by atoms with E-state index in [1.165, 1.54) is 0 Å². The van der Waals surface area contributed by atoms with Gasteiger partial charge >= 0.3 is 6.03 Å². The summed E-state index contributed by atoms with van der Waals surface area (Å²) in [7, 11) is 1.84. The highest BCUT2D eigenvalue weighted by Gasteiger charge is 2.24. The molecule has 1 aliphatic rings. The van der Waals surface area contributed by atoms with Crippen LogP contribution in [0.15, 0.2) is 22.8 Å². The van der Waals surface area contributed by atoms with Gasteiger partial charge in [-0.1, -0.05) is 0 Å². The molecule has 2 heterocycles. The van der Waals surface area contributed by atoms with Gasteiger partial charge in [-0.15, -0.1) is 0 Å². The number of hydrogen-bond acceptors (Lipinski definition) is 3. The first kappa shape index (κ1) is 12.2. The molecule has 1 saturated heterocycles. The summed E-state index contributed by atoms with van der Waals surface area (Å²) >= 11 is 3.39. The highest BCUT2D eigenvalue weighted by molar-refractivity contribution is 9.10. The van der Waals surface area contributed by atoms with Gasteiger partial charge in [0, 0.05) is 31.1 Å². The van der Waals surface area contributed by atoms with Crippen molar-refractivity contribution >= 4 is 44.5 Å². The highest BCUT2D eigenvalue weighted by atomic mass is 79.9. The zero-order valence-electron chi connectivity index (χ0n) is 10.2. The number of hydrogen-bond donors (Lipinski definition) is 1. The monoisotopic (exact) mass is 322 g/mol. The Morgan fingerprint density at radius 3 is 2.89 bits per heavy atom. The summed E-state index contributed by atoms with van der Waals surface area (Å²) in [4.78, 5) is 24.5. The Bertz CT molecular complexity index is 694. The quantitative estimate of drug-likeness (QED) is 0.870. The minimum absolute atomic E-state index is 0.231. The first-order valence-corrected chi connectivity index (χ1v) is 6.59. The number of aryl methyl sites for hydroxylation is 1. The lowest BCUT2D eigenvalue weighted by molar-refractivity contribution is -0.120. The Kier molecular flexibility index (Phi) is 2.78. The van der Waals surface area contributed by atoms with Crippen molar-refractivity contribution in [2.75, 3.05) is 11.4 Å². The Hall–Kier alpha value is -1.89. The van der Waals surface area contributed by atoms with Gasteiger partial charge in [0.15, 0.2) is 0 Å². The number of urea groups is 1. The molecule has 3 amide bonds. The van der Waals surface area contributed by atoms with E-state index in [0.29, 0.717) is 13.0 Å². The number of carbonyl (C=O) groups is 2. The van der Waals surface area contributed by atoms with E-state index in [4.69, 9.17) is 0 Å². The summed E-state index contributed by atoms with van der Waals surface area (Å²) in [6, 6.07) is 5.27. The molecule has 3 rings (SSSR count). The van der Waals surface area contributed by atoms with Crippen molar-refractivity contribution in [1.82, 2.24) is 15.1 Å². The van der Waals surface area contributed by atoms with Crippen LogP contribution in [-0.4, -0.2) is 28.3 Å². The lowest BCUT2D eigenvalue weighted by Gasteiger charge is -2.26. The number of nitrogens with one attached hydrogen (secondary N) is 1. The number of rotatable bonds is 1. The van der Waals surface area contributed by atoms with Gasteiger partial charge in [-0.25, -0.2) is 4.79 Å². The van der Waals surface area contributed by atoms with E-state index in [-0.39, 0.29) is 11.9 Å². The number of carbonyl (C=O) groups excluding carboxylic acids is 2. The first-order valence-electron chi connectivity index (χ1n) is 5.80. The van der Waals surface area contributed by atoms with E-state index >= 15 is 0 Å². The molecule has 1 aliphatic heterocycles. The molecule has 1 aromatic carbocycles. The van der Waals surface area contributed by atoms with E-state index in [9.17, 15) is 9.59 Å². The molecule has 0 radical (unpaired) electrons. The number of nitrogens with zero attached hydrogens (tertiary/aromatic N) is 3. The molecule has 0 aliphatic carbocycles. The summed E-state index contributed by atoms with van der Waals surface area (Å²) < 4.78 is 2.52. The van der Waals surface area contributed by atoms with E-state index in [1.54, 1.807) is 9.58 Å². The fraction of sp³-hybridized carbons (Fsp3) is 0.250. The molecule has 7 heteroatoms. The molecular formula is C12H11BrN4O2. The first-order chi connectivity index (χ1) is 9.06. The lowest BCUT2D eigenvalue weighted by atomic mass is 10.2. The minimum atomic E-state index is -0.378. The molecule has 0 atom stereocenters. The van der Waals surface area contributed by atoms with Crippen LogP contribution in [-0.2, 0) is 11.8 Å². The standard InChI is InChI=1S/C12H11BrN4O2/c1-16-9-6-7(2-3-8(9)11(13)15-16)17-5-4-10(18)14-12(17)19/h2-3,6H,4-5H2,1H3,(H,14,18,19). The zero-order chi connectivity index (χ0) is 13.6. The second-order valence-corrected chi connectivity index (χ2v) is 5.12. The van der Waals surface area contributed by atoms with Gasteiger partial charge < -0.3 is 0 Å². The maximum Gasteiger partial charge on any atom is 0.328 e. The molecule has 0 spiro atoms. The van der Waals surface area contributed by atoms with Crippen LogP contribution in [0, 0.1) is 0 Å². The largest absolute Gasteiger partial charge is 0.328 e. The molecule has 2 aromatic rings. The van der Waals surface area contributed by atoms with Gasteiger partial charge in [0.05, 0.1) is 5.52 Å². The average molecular weight is 323 g/mol. The molecule has 1 fully saturated rings. The van der Waals surface area contributed by atoms with Gasteiger partial charge in [0.2, 0.25) is 5.91 Å². The third-order valence-corrected chi connectivity index (χ3v) is 3.74. The summed E-state index contributed by atoms with van der Waals surface area (Å²) in [6.45, 7) is 0.398. The van der Waals surface area contributed by atoms with Gasteiger partial charge in [0.1, 0.15) is 4.60 Å². The van der Waals surface area contributed by atoms with E-state index in [1.807, 2.05) is 25.2 Å². The number of halogens is 1.